The van der Waals surface area contributed by atoms with E-state index in [1.54, 1.807) is 31.2 Å². The molecule has 0 atom stereocenters. The van der Waals surface area contributed by atoms with E-state index in [0.29, 0.717) is 16.9 Å². The van der Waals surface area contributed by atoms with Crippen LogP contribution in [0.25, 0.3) is 0 Å². The van der Waals surface area contributed by atoms with Gasteiger partial charge in [0.05, 0.1) is 12.0 Å². The minimum atomic E-state index is -3.69. The molecule has 0 aromatic heterocycles. The lowest BCUT2D eigenvalue weighted by molar-refractivity contribution is -0.0498. The van der Waals surface area contributed by atoms with Gasteiger partial charge in [-0.25, -0.2) is 8.42 Å². The van der Waals surface area contributed by atoms with Gasteiger partial charge < -0.3 is 9.47 Å². The summed E-state index contributed by atoms with van der Waals surface area (Å²) in [4.78, 5) is 0.158. The summed E-state index contributed by atoms with van der Waals surface area (Å²) in [5.41, 5.74) is 1.36. The van der Waals surface area contributed by atoms with Crippen molar-refractivity contribution in [3.63, 3.8) is 0 Å². The van der Waals surface area contributed by atoms with Crippen LogP contribution in [0.4, 0.5) is 8.78 Å². The fraction of sp³-hybridized carbons (Fsp3) is 0.294. The summed E-state index contributed by atoms with van der Waals surface area (Å²) in [6.45, 7) is -1.03. The van der Waals surface area contributed by atoms with E-state index >= 15 is 0 Å². The second-order valence-corrected chi connectivity index (χ2v) is 7.46. The molecule has 2 aromatic carbocycles. The van der Waals surface area contributed by atoms with Crippen LogP contribution >= 0.6 is 0 Å². The smallest absolute Gasteiger partial charge is 0.387 e. The number of hydrogen-bond donors (Lipinski definition) is 0. The maximum absolute atomic E-state index is 12.7. The van der Waals surface area contributed by atoms with Crippen molar-refractivity contribution in [2.75, 3.05) is 14.2 Å². The molecule has 5 nitrogen and oxygen atoms in total. The van der Waals surface area contributed by atoms with E-state index in [2.05, 4.69) is 4.74 Å². The fourth-order valence-corrected chi connectivity index (χ4v) is 3.55. The Balaban J connectivity index is 2.16. The number of sulfonamides is 1. The molecule has 0 saturated carbocycles. The quantitative estimate of drug-likeness (QED) is 0.748. The summed E-state index contributed by atoms with van der Waals surface area (Å²) in [7, 11) is -0.713. The largest absolute Gasteiger partial charge is 0.496 e. The third-order valence-corrected chi connectivity index (χ3v) is 5.43. The molecular formula is C17H19F2NO4S. The van der Waals surface area contributed by atoms with E-state index in [1.807, 2.05) is 0 Å². The molecule has 0 unspecified atom stereocenters. The first-order valence-corrected chi connectivity index (χ1v) is 8.83. The molecule has 0 aliphatic rings. The highest BCUT2D eigenvalue weighted by Gasteiger charge is 2.21. The van der Waals surface area contributed by atoms with Crippen LogP contribution in [-0.2, 0) is 16.6 Å². The van der Waals surface area contributed by atoms with Crippen molar-refractivity contribution < 1.29 is 26.7 Å². The summed E-state index contributed by atoms with van der Waals surface area (Å²) in [6, 6.07) is 10.5. The van der Waals surface area contributed by atoms with Crippen LogP contribution in [-0.4, -0.2) is 33.5 Å². The van der Waals surface area contributed by atoms with Gasteiger partial charge in [-0.2, -0.15) is 13.1 Å². The van der Waals surface area contributed by atoms with Gasteiger partial charge >= 0.3 is 6.61 Å². The molecule has 0 amide bonds. The lowest BCUT2D eigenvalue weighted by atomic mass is 10.2. The van der Waals surface area contributed by atoms with Gasteiger partial charge in [0.1, 0.15) is 11.5 Å². The van der Waals surface area contributed by atoms with E-state index < -0.39 is 16.6 Å². The summed E-state index contributed by atoms with van der Waals surface area (Å²) in [5.74, 6) is 0.631. The van der Waals surface area contributed by atoms with Crippen molar-refractivity contribution in [3.05, 3.63) is 53.6 Å². The molecule has 2 rings (SSSR count). The number of rotatable bonds is 7. The van der Waals surface area contributed by atoms with Gasteiger partial charge in [0.25, 0.3) is 0 Å². The van der Waals surface area contributed by atoms with Gasteiger partial charge in [-0.05, 0) is 48.4 Å². The highest BCUT2D eigenvalue weighted by atomic mass is 32.2. The molecule has 0 heterocycles. The number of halogens is 2. The van der Waals surface area contributed by atoms with Crippen molar-refractivity contribution in [1.82, 2.24) is 4.31 Å². The number of hydrogen-bond acceptors (Lipinski definition) is 4. The lowest BCUT2D eigenvalue weighted by Gasteiger charge is -2.18. The molecular weight excluding hydrogens is 352 g/mol. The zero-order valence-electron chi connectivity index (χ0n) is 14.1. The average Bonchev–Trinajstić information content (AvgIpc) is 2.56. The normalized spacial score (nSPS) is 11.8. The topological polar surface area (TPSA) is 55.8 Å². The Morgan fingerprint density at radius 1 is 1.12 bits per heavy atom. The molecule has 25 heavy (non-hydrogen) atoms. The van der Waals surface area contributed by atoms with Gasteiger partial charge in [-0.3, -0.25) is 0 Å². The van der Waals surface area contributed by atoms with E-state index in [0.717, 1.165) is 0 Å². The lowest BCUT2D eigenvalue weighted by Crippen LogP contribution is -2.26. The van der Waals surface area contributed by atoms with Gasteiger partial charge in [-0.15, -0.1) is 0 Å². The molecule has 0 saturated heterocycles. The SMILES string of the molecule is COc1ccc(S(=O)(=O)N(C)Cc2ccc(OC(F)F)cc2)cc1C. The van der Waals surface area contributed by atoms with Gasteiger partial charge in [0, 0.05) is 13.6 Å². The Kier molecular flexibility index (Phi) is 5.97. The number of aryl methyl sites for hydroxylation is 1. The third-order valence-electron chi connectivity index (χ3n) is 3.63. The zero-order chi connectivity index (χ0) is 18.6. The van der Waals surface area contributed by atoms with Crippen molar-refractivity contribution in [2.45, 2.75) is 25.0 Å². The van der Waals surface area contributed by atoms with Crippen LogP contribution < -0.4 is 9.47 Å². The maximum Gasteiger partial charge on any atom is 0.387 e. The predicted octanol–water partition coefficient (Wildman–Crippen LogP) is 3.43. The van der Waals surface area contributed by atoms with Gasteiger partial charge in [-0.1, -0.05) is 12.1 Å². The zero-order valence-corrected chi connectivity index (χ0v) is 14.9. The fourth-order valence-electron chi connectivity index (χ4n) is 2.31. The number of methoxy groups -OCH3 is 1. The Morgan fingerprint density at radius 3 is 2.28 bits per heavy atom. The van der Waals surface area contributed by atoms with Crippen LogP contribution in [0.1, 0.15) is 11.1 Å². The first-order valence-electron chi connectivity index (χ1n) is 7.39. The van der Waals surface area contributed by atoms with Crippen molar-refractivity contribution >= 4 is 10.0 Å². The van der Waals surface area contributed by atoms with Crippen molar-refractivity contribution in [1.29, 1.82) is 0 Å². The number of ether oxygens (including phenoxy) is 2. The van der Waals surface area contributed by atoms with Crippen molar-refractivity contribution in [2.24, 2.45) is 0 Å². The number of nitrogens with zero attached hydrogens (tertiary/aromatic N) is 1. The molecule has 2 aromatic rings. The number of benzene rings is 2. The molecule has 0 bridgehead atoms. The standard InChI is InChI=1S/C17H19F2NO4S/c1-12-10-15(8-9-16(12)23-3)25(21,22)20(2)11-13-4-6-14(7-5-13)24-17(18)19/h4-10,17H,11H2,1-3H3. The molecule has 0 fully saturated rings. The average molecular weight is 371 g/mol. The second kappa shape index (κ2) is 7.79. The van der Waals surface area contributed by atoms with E-state index in [9.17, 15) is 17.2 Å². The molecule has 8 heteroatoms. The summed E-state index contributed by atoms with van der Waals surface area (Å²) < 4.78 is 60.2. The summed E-state index contributed by atoms with van der Waals surface area (Å²) in [6.07, 6.45) is 0. The highest BCUT2D eigenvalue weighted by Crippen LogP contribution is 2.24. The van der Waals surface area contributed by atoms with Crippen molar-refractivity contribution in [3.8, 4) is 11.5 Å². The van der Waals surface area contributed by atoms with Crippen LogP contribution in [0, 0.1) is 6.92 Å². The summed E-state index contributed by atoms with van der Waals surface area (Å²) in [5, 5.41) is 0. The molecule has 0 radical (unpaired) electrons. The molecule has 0 N–H and O–H groups in total. The second-order valence-electron chi connectivity index (χ2n) is 5.41. The Morgan fingerprint density at radius 2 is 1.76 bits per heavy atom. The molecule has 0 spiro atoms. The van der Waals surface area contributed by atoms with Crippen LogP contribution in [0.15, 0.2) is 47.4 Å². The summed E-state index contributed by atoms with van der Waals surface area (Å²) >= 11 is 0. The minimum Gasteiger partial charge on any atom is -0.496 e. The molecule has 136 valence electrons. The highest BCUT2D eigenvalue weighted by molar-refractivity contribution is 7.89. The van der Waals surface area contributed by atoms with Gasteiger partial charge in [0.15, 0.2) is 0 Å². The van der Waals surface area contributed by atoms with E-state index in [-0.39, 0.29) is 17.2 Å². The minimum absolute atomic E-state index is 0.0232. The first kappa shape index (κ1) is 19.1. The maximum atomic E-state index is 12.7. The Hall–Kier alpha value is -2.19. The van der Waals surface area contributed by atoms with E-state index in [4.69, 9.17) is 4.74 Å². The molecule has 0 aliphatic heterocycles. The third kappa shape index (κ3) is 4.67. The Labute approximate surface area is 145 Å². The van der Waals surface area contributed by atoms with Crippen LogP contribution in [0.2, 0.25) is 0 Å². The van der Waals surface area contributed by atoms with Crippen LogP contribution in [0.3, 0.4) is 0 Å². The monoisotopic (exact) mass is 371 g/mol. The number of alkyl halides is 2. The van der Waals surface area contributed by atoms with Gasteiger partial charge in [0.2, 0.25) is 10.0 Å². The van der Waals surface area contributed by atoms with E-state index in [1.165, 1.54) is 36.7 Å². The Bertz CT molecular complexity index is 823. The first-order chi connectivity index (χ1) is 11.7. The van der Waals surface area contributed by atoms with Crippen LogP contribution in [0.5, 0.6) is 11.5 Å². The molecule has 0 aliphatic carbocycles. The predicted molar refractivity (Wildman–Crippen MR) is 89.5 cm³/mol.